The first-order valence-electron chi connectivity index (χ1n) is 8.73. The molecule has 5 heteroatoms. The van der Waals surface area contributed by atoms with Crippen LogP contribution in [0.4, 0.5) is 5.69 Å². The van der Waals surface area contributed by atoms with Gasteiger partial charge in [-0.05, 0) is 24.6 Å². The number of para-hydroxylation sites is 1. The molecular formula is C20H23NO4. The Hall–Kier alpha value is -1.92. The summed E-state index contributed by atoms with van der Waals surface area (Å²) in [4.78, 5) is 6.28. The lowest BCUT2D eigenvalue weighted by molar-refractivity contribution is -0.249. The van der Waals surface area contributed by atoms with Gasteiger partial charge in [0.2, 0.25) is 0 Å². The minimum atomic E-state index is -0.675. The molecule has 0 aliphatic carbocycles. The van der Waals surface area contributed by atoms with Gasteiger partial charge in [0.1, 0.15) is 18.3 Å². The predicted octanol–water partition coefficient (Wildman–Crippen LogP) is 3.06. The second-order valence-corrected chi connectivity index (χ2v) is 6.54. The van der Waals surface area contributed by atoms with Gasteiger partial charge in [-0.1, -0.05) is 48.5 Å². The summed E-state index contributed by atoms with van der Waals surface area (Å²) in [5.74, 6) is 0. The van der Waals surface area contributed by atoms with Gasteiger partial charge in [-0.2, -0.15) is 0 Å². The molecule has 0 bridgehead atoms. The van der Waals surface area contributed by atoms with Crippen LogP contribution in [0.1, 0.15) is 25.0 Å². The quantitative estimate of drug-likeness (QED) is 0.930. The summed E-state index contributed by atoms with van der Waals surface area (Å²) in [7, 11) is 0. The van der Waals surface area contributed by atoms with Crippen molar-refractivity contribution in [1.29, 1.82) is 0 Å². The van der Waals surface area contributed by atoms with Crippen LogP contribution in [0.5, 0.6) is 0 Å². The molecule has 2 heterocycles. The number of ether oxygens (including phenoxy) is 2. The molecule has 132 valence electrons. The van der Waals surface area contributed by atoms with E-state index in [9.17, 15) is 5.11 Å². The van der Waals surface area contributed by atoms with Gasteiger partial charge >= 0.3 is 0 Å². The minimum absolute atomic E-state index is 0.0691. The molecular weight excluding hydrogens is 318 g/mol. The lowest BCUT2D eigenvalue weighted by Gasteiger charge is -2.38. The van der Waals surface area contributed by atoms with Crippen molar-refractivity contribution in [3.63, 3.8) is 0 Å². The summed E-state index contributed by atoms with van der Waals surface area (Å²) in [6.07, 6.45) is -0.696. The Labute approximate surface area is 147 Å². The number of hydroxylamine groups is 1. The van der Waals surface area contributed by atoms with Crippen LogP contribution in [0, 0.1) is 0 Å². The van der Waals surface area contributed by atoms with Crippen LogP contribution >= 0.6 is 0 Å². The number of benzene rings is 2. The van der Waals surface area contributed by atoms with Gasteiger partial charge in [0.25, 0.3) is 0 Å². The maximum atomic E-state index is 10.4. The van der Waals surface area contributed by atoms with E-state index in [4.69, 9.17) is 14.3 Å². The standard InChI is InChI=1S/C20H23NO4/c1-14-23-13-18(22)20(24-14)17-12-19(15-8-4-2-5-9-15)25-21(17)16-10-6-3-7-11-16/h2-11,14,17-20,22H,12-13H2,1H3/t14-,17+,18-,19+,20+/m1/s1. The average Bonchev–Trinajstić information content (AvgIpc) is 3.10. The highest BCUT2D eigenvalue weighted by atomic mass is 16.7. The highest BCUT2D eigenvalue weighted by Crippen LogP contribution is 2.39. The molecule has 25 heavy (non-hydrogen) atoms. The SMILES string of the molecule is C[C@@H]1OC[C@@H](O)[C@H]([C@@H]2C[C@@H](c3ccccc3)ON2c2ccccc2)O1. The minimum Gasteiger partial charge on any atom is -0.388 e. The first-order chi connectivity index (χ1) is 12.2. The number of aliphatic hydroxyl groups is 1. The third-order valence-corrected chi connectivity index (χ3v) is 4.79. The molecule has 0 spiro atoms. The van der Waals surface area contributed by atoms with Gasteiger partial charge in [0, 0.05) is 6.42 Å². The van der Waals surface area contributed by atoms with E-state index < -0.39 is 6.10 Å². The Morgan fingerprint density at radius 2 is 1.68 bits per heavy atom. The van der Waals surface area contributed by atoms with Crippen LogP contribution in [0.3, 0.4) is 0 Å². The molecule has 0 aromatic heterocycles. The van der Waals surface area contributed by atoms with Crippen molar-refractivity contribution in [2.75, 3.05) is 11.7 Å². The van der Waals surface area contributed by atoms with Crippen LogP contribution in [0.2, 0.25) is 0 Å². The second kappa shape index (κ2) is 7.14. The molecule has 2 fully saturated rings. The van der Waals surface area contributed by atoms with Gasteiger partial charge < -0.3 is 14.6 Å². The molecule has 2 aliphatic heterocycles. The van der Waals surface area contributed by atoms with E-state index in [0.717, 1.165) is 17.7 Å². The number of hydrogen-bond donors (Lipinski definition) is 1. The Kier molecular flexibility index (Phi) is 4.72. The van der Waals surface area contributed by atoms with Gasteiger partial charge in [0.15, 0.2) is 6.29 Å². The fourth-order valence-corrected chi connectivity index (χ4v) is 3.56. The molecule has 2 aliphatic rings. The van der Waals surface area contributed by atoms with E-state index in [0.29, 0.717) is 0 Å². The number of anilines is 1. The molecule has 5 nitrogen and oxygen atoms in total. The zero-order valence-electron chi connectivity index (χ0n) is 14.2. The average molecular weight is 341 g/mol. The number of nitrogens with zero attached hydrogens (tertiary/aromatic N) is 1. The molecule has 2 aromatic carbocycles. The van der Waals surface area contributed by atoms with Gasteiger partial charge in [-0.3, -0.25) is 4.84 Å². The molecule has 2 saturated heterocycles. The second-order valence-electron chi connectivity index (χ2n) is 6.54. The highest BCUT2D eigenvalue weighted by molar-refractivity contribution is 5.46. The van der Waals surface area contributed by atoms with Crippen LogP contribution in [0.15, 0.2) is 60.7 Å². The molecule has 0 unspecified atom stereocenters. The van der Waals surface area contributed by atoms with E-state index in [1.165, 1.54) is 0 Å². The first-order valence-corrected chi connectivity index (χ1v) is 8.73. The summed E-state index contributed by atoms with van der Waals surface area (Å²) in [5.41, 5.74) is 2.08. The van der Waals surface area contributed by atoms with Crippen molar-refractivity contribution in [3.05, 3.63) is 66.2 Å². The monoisotopic (exact) mass is 341 g/mol. The van der Waals surface area contributed by atoms with Crippen molar-refractivity contribution in [3.8, 4) is 0 Å². The topological polar surface area (TPSA) is 51.2 Å². The van der Waals surface area contributed by atoms with Gasteiger partial charge in [0.05, 0.1) is 18.3 Å². The van der Waals surface area contributed by atoms with Crippen molar-refractivity contribution < 1.29 is 19.4 Å². The van der Waals surface area contributed by atoms with Crippen molar-refractivity contribution in [1.82, 2.24) is 0 Å². The molecule has 0 radical (unpaired) electrons. The normalized spacial score (nSPS) is 32.7. The van der Waals surface area contributed by atoms with Gasteiger partial charge in [-0.25, -0.2) is 5.06 Å². The highest BCUT2D eigenvalue weighted by Gasteiger charge is 2.45. The molecule has 0 amide bonds. The molecule has 1 N–H and O–H groups in total. The first kappa shape index (κ1) is 16.5. The summed E-state index contributed by atoms with van der Waals surface area (Å²) in [6, 6.07) is 20.0. The van der Waals surface area contributed by atoms with Crippen LogP contribution in [0.25, 0.3) is 0 Å². The van der Waals surface area contributed by atoms with Crippen molar-refractivity contribution in [2.24, 2.45) is 0 Å². The summed E-state index contributed by atoms with van der Waals surface area (Å²) in [6.45, 7) is 2.14. The Bertz CT molecular complexity index is 681. The maximum absolute atomic E-state index is 10.4. The van der Waals surface area contributed by atoms with Crippen molar-refractivity contribution in [2.45, 2.75) is 44.0 Å². The fourth-order valence-electron chi connectivity index (χ4n) is 3.56. The molecule has 2 aromatic rings. The number of hydrogen-bond acceptors (Lipinski definition) is 5. The van der Waals surface area contributed by atoms with Crippen molar-refractivity contribution >= 4 is 5.69 Å². The lowest BCUT2D eigenvalue weighted by atomic mass is 9.96. The summed E-state index contributed by atoms with van der Waals surface area (Å²) < 4.78 is 11.3. The predicted molar refractivity (Wildman–Crippen MR) is 93.9 cm³/mol. The van der Waals surface area contributed by atoms with E-state index in [2.05, 4.69) is 12.1 Å². The number of rotatable bonds is 3. The zero-order valence-corrected chi connectivity index (χ0v) is 14.2. The summed E-state index contributed by atoms with van der Waals surface area (Å²) in [5, 5.41) is 12.3. The van der Waals surface area contributed by atoms with Crippen LogP contribution in [-0.2, 0) is 14.3 Å². The van der Waals surface area contributed by atoms with Gasteiger partial charge in [-0.15, -0.1) is 0 Å². The smallest absolute Gasteiger partial charge is 0.155 e. The Morgan fingerprint density at radius 1 is 1.00 bits per heavy atom. The van der Waals surface area contributed by atoms with Crippen LogP contribution < -0.4 is 5.06 Å². The third kappa shape index (κ3) is 3.41. The maximum Gasteiger partial charge on any atom is 0.155 e. The third-order valence-electron chi connectivity index (χ3n) is 4.79. The van der Waals surface area contributed by atoms with E-state index >= 15 is 0 Å². The Balaban J connectivity index is 1.64. The van der Waals surface area contributed by atoms with Crippen LogP contribution in [-0.4, -0.2) is 36.3 Å². The molecule has 0 saturated carbocycles. The lowest BCUT2D eigenvalue weighted by Crippen LogP contribution is -2.53. The van der Waals surface area contributed by atoms with E-state index in [-0.39, 0.29) is 31.1 Å². The summed E-state index contributed by atoms with van der Waals surface area (Å²) >= 11 is 0. The zero-order chi connectivity index (χ0) is 17.2. The fraction of sp³-hybridized carbons (Fsp3) is 0.400. The number of aliphatic hydroxyl groups excluding tert-OH is 1. The van der Waals surface area contributed by atoms with E-state index in [1.807, 2.05) is 60.5 Å². The molecule has 4 rings (SSSR count). The molecule has 5 atom stereocenters. The Morgan fingerprint density at radius 3 is 2.40 bits per heavy atom. The van der Waals surface area contributed by atoms with E-state index in [1.54, 1.807) is 0 Å². The largest absolute Gasteiger partial charge is 0.388 e.